The van der Waals surface area contributed by atoms with Gasteiger partial charge in [0.15, 0.2) is 0 Å². The molecule has 192 valence electrons. The molecule has 0 aliphatic carbocycles. The van der Waals surface area contributed by atoms with E-state index in [-0.39, 0.29) is 29.3 Å². The third-order valence-electron chi connectivity index (χ3n) is 4.77. The minimum absolute atomic E-state index is 0.0680. The largest absolute Gasteiger partial charge is 0.416 e. The number of halogens is 7. The van der Waals surface area contributed by atoms with E-state index in [1.54, 1.807) is 24.3 Å². The summed E-state index contributed by atoms with van der Waals surface area (Å²) in [5.41, 5.74) is 5.12. The SMILES string of the molecule is NCc1ccc(Nc2ccc(C(F)(F)F)cc2NC(=O)c2c(Br)c(Br)c(Br)c(Br)c2S(=O)(=O)O)cc1. The average Bonchev–Trinajstić information content (AvgIpc) is 2.79. The minimum atomic E-state index is -4.95. The van der Waals surface area contributed by atoms with Gasteiger partial charge in [0.1, 0.15) is 4.90 Å². The molecule has 0 fully saturated rings. The van der Waals surface area contributed by atoms with Gasteiger partial charge in [-0.25, -0.2) is 0 Å². The van der Waals surface area contributed by atoms with Gasteiger partial charge in [-0.2, -0.15) is 21.6 Å². The molecule has 15 heteroatoms. The molecule has 0 spiro atoms. The summed E-state index contributed by atoms with van der Waals surface area (Å²) in [7, 11) is -4.95. The van der Waals surface area contributed by atoms with Gasteiger partial charge >= 0.3 is 6.18 Å². The van der Waals surface area contributed by atoms with Crippen LogP contribution in [0.4, 0.5) is 30.2 Å². The zero-order valence-electron chi connectivity index (χ0n) is 17.6. The van der Waals surface area contributed by atoms with Crippen LogP contribution >= 0.6 is 63.7 Å². The highest BCUT2D eigenvalue weighted by Gasteiger charge is 2.33. The maximum absolute atomic E-state index is 13.4. The average molecular weight is 781 g/mol. The fourth-order valence-corrected chi connectivity index (χ4v) is 7.01. The van der Waals surface area contributed by atoms with Gasteiger partial charge in [0.05, 0.1) is 27.0 Å². The first-order chi connectivity index (χ1) is 16.6. The fourth-order valence-electron chi connectivity index (χ4n) is 3.05. The van der Waals surface area contributed by atoms with Gasteiger partial charge in [0.25, 0.3) is 16.0 Å². The smallest absolute Gasteiger partial charge is 0.354 e. The second kappa shape index (κ2) is 11.1. The molecule has 0 aliphatic heterocycles. The van der Waals surface area contributed by atoms with Crippen LogP contribution in [-0.4, -0.2) is 18.9 Å². The minimum Gasteiger partial charge on any atom is -0.354 e. The number of hydrogen-bond donors (Lipinski definition) is 4. The Morgan fingerprint density at radius 3 is 2.03 bits per heavy atom. The third kappa shape index (κ3) is 6.31. The molecule has 3 aromatic rings. The zero-order valence-corrected chi connectivity index (χ0v) is 24.7. The van der Waals surface area contributed by atoms with Crippen LogP contribution in [0.15, 0.2) is 65.3 Å². The molecule has 0 aromatic heterocycles. The molecule has 7 nitrogen and oxygen atoms in total. The van der Waals surface area contributed by atoms with Crippen LogP contribution in [0.1, 0.15) is 21.5 Å². The molecule has 5 N–H and O–H groups in total. The van der Waals surface area contributed by atoms with Crippen molar-refractivity contribution in [3.8, 4) is 0 Å². The Hall–Kier alpha value is -1.49. The van der Waals surface area contributed by atoms with Crippen molar-refractivity contribution in [1.82, 2.24) is 0 Å². The number of carbonyl (C=O) groups is 1. The molecular formula is C21H14Br4F3N3O4S. The van der Waals surface area contributed by atoms with E-state index < -0.39 is 38.2 Å². The van der Waals surface area contributed by atoms with Gasteiger partial charge in [0, 0.05) is 25.7 Å². The molecule has 36 heavy (non-hydrogen) atoms. The molecule has 1 amide bonds. The Balaban J connectivity index is 2.14. The van der Waals surface area contributed by atoms with Gasteiger partial charge < -0.3 is 16.4 Å². The van der Waals surface area contributed by atoms with Gasteiger partial charge in [0.2, 0.25) is 0 Å². The Labute approximate surface area is 237 Å². The van der Waals surface area contributed by atoms with E-state index in [4.69, 9.17) is 5.73 Å². The lowest BCUT2D eigenvalue weighted by atomic mass is 10.1. The molecule has 3 rings (SSSR count). The Morgan fingerprint density at radius 2 is 1.50 bits per heavy atom. The lowest BCUT2D eigenvalue weighted by Gasteiger charge is -2.18. The van der Waals surface area contributed by atoms with Crippen LogP contribution < -0.4 is 16.4 Å². The first-order valence-electron chi connectivity index (χ1n) is 9.57. The number of carbonyl (C=O) groups excluding carboxylic acids is 1. The highest BCUT2D eigenvalue weighted by atomic mass is 79.9. The summed E-state index contributed by atoms with van der Waals surface area (Å²) in [5.74, 6) is -1.11. The first-order valence-corrected chi connectivity index (χ1v) is 14.2. The molecular weight excluding hydrogens is 767 g/mol. The Morgan fingerprint density at radius 1 is 0.917 bits per heavy atom. The van der Waals surface area contributed by atoms with E-state index in [0.717, 1.165) is 17.7 Å². The van der Waals surface area contributed by atoms with Crippen molar-refractivity contribution in [3.05, 3.63) is 77.0 Å². The molecule has 0 saturated carbocycles. The van der Waals surface area contributed by atoms with E-state index in [9.17, 15) is 30.9 Å². The first kappa shape index (κ1) is 29.1. The molecule has 3 aromatic carbocycles. The van der Waals surface area contributed by atoms with E-state index in [1.807, 2.05) is 0 Å². The van der Waals surface area contributed by atoms with Crippen LogP contribution in [-0.2, 0) is 22.8 Å². The maximum Gasteiger partial charge on any atom is 0.416 e. The molecule has 0 atom stereocenters. The van der Waals surface area contributed by atoms with Crippen molar-refractivity contribution in [2.75, 3.05) is 10.6 Å². The number of nitrogens with one attached hydrogen (secondary N) is 2. The van der Waals surface area contributed by atoms with Crippen molar-refractivity contribution in [3.63, 3.8) is 0 Å². The highest BCUT2D eigenvalue weighted by Crippen LogP contribution is 2.44. The van der Waals surface area contributed by atoms with E-state index in [2.05, 4.69) is 74.4 Å². The van der Waals surface area contributed by atoms with Crippen molar-refractivity contribution in [1.29, 1.82) is 0 Å². The van der Waals surface area contributed by atoms with E-state index >= 15 is 0 Å². The molecule has 0 saturated heterocycles. The molecule has 0 heterocycles. The lowest BCUT2D eigenvalue weighted by Crippen LogP contribution is -2.19. The van der Waals surface area contributed by atoms with Crippen LogP contribution in [0.3, 0.4) is 0 Å². The number of rotatable bonds is 6. The van der Waals surface area contributed by atoms with E-state index in [1.165, 1.54) is 0 Å². The quantitative estimate of drug-likeness (QED) is 0.117. The summed E-state index contributed by atoms with van der Waals surface area (Å²) in [6.45, 7) is 0.297. The van der Waals surface area contributed by atoms with Crippen LogP contribution in [0.2, 0.25) is 0 Å². The van der Waals surface area contributed by atoms with Gasteiger partial charge in [-0.1, -0.05) is 12.1 Å². The molecule has 0 radical (unpaired) electrons. The van der Waals surface area contributed by atoms with Crippen LogP contribution in [0, 0.1) is 0 Å². The Bertz CT molecular complexity index is 1450. The summed E-state index contributed by atoms with van der Waals surface area (Å²) >= 11 is 12.5. The maximum atomic E-state index is 13.4. The molecule has 0 unspecified atom stereocenters. The highest BCUT2D eigenvalue weighted by molar-refractivity contribution is 9.15. The third-order valence-corrected chi connectivity index (χ3v) is 10.7. The lowest BCUT2D eigenvalue weighted by molar-refractivity contribution is -0.137. The van der Waals surface area contributed by atoms with Crippen molar-refractivity contribution in [2.24, 2.45) is 5.73 Å². The van der Waals surface area contributed by atoms with Crippen LogP contribution in [0.25, 0.3) is 0 Å². The van der Waals surface area contributed by atoms with Gasteiger partial charge in [-0.3, -0.25) is 9.35 Å². The summed E-state index contributed by atoms with van der Waals surface area (Å²) < 4.78 is 74.4. The number of benzene rings is 3. The number of alkyl halides is 3. The predicted molar refractivity (Wildman–Crippen MR) is 144 cm³/mol. The standard InChI is InChI=1S/C21H14Br4F3N3O4S/c22-15-14(19(36(33,34)35)18(25)17(24)16(15)23)20(32)31-13-7-10(21(26,27)28)3-6-12(13)30-11-4-1-9(8-29)2-5-11/h1-7,30H,8,29H2,(H,31,32)(H,33,34,35). The van der Waals surface area contributed by atoms with Gasteiger partial charge in [-0.05, 0) is 99.6 Å². The number of anilines is 3. The molecule has 0 bridgehead atoms. The van der Waals surface area contributed by atoms with Crippen molar-refractivity contribution >= 4 is 96.8 Å². The number of hydrogen-bond acceptors (Lipinski definition) is 5. The molecule has 0 aliphatic rings. The van der Waals surface area contributed by atoms with Crippen LogP contribution in [0.5, 0.6) is 0 Å². The van der Waals surface area contributed by atoms with Crippen molar-refractivity contribution < 1.29 is 30.9 Å². The number of amides is 1. The second-order valence-corrected chi connectivity index (χ2v) is 11.7. The number of nitrogens with two attached hydrogens (primary N) is 1. The predicted octanol–water partition coefficient (Wildman–Crippen LogP) is 7.46. The van der Waals surface area contributed by atoms with Crippen molar-refractivity contribution in [2.45, 2.75) is 17.6 Å². The zero-order chi connectivity index (χ0) is 27.0. The Kier molecular flexibility index (Phi) is 8.96. The second-order valence-electron chi connectivity index (χ2n) is 7.17. The summed E-state index contributed by atoms with van der Waals surface area (Å²) in [4.78, 5) is 12.5. The van der Waals surface area contributed by atoms with E-state index in [0.29, 0.717) is 18.3 Å². The monoisotopic (exact) mass is 777 g/mol. The topological polar surface area (TPSA) is 122 Å². The fraction of sp³-hybridized carbons (Fsp3) is 0.0952. The summed E-state index contributed by atoms with van der Waals surface area (Å²) in [6.07, 6.45) is -4.72. The van der Waals surface area contributed by atoms with Gasteiger partial charge in [-0.15, -0.1) is 0 Å². The summed E-state index contributed by atoms with van der Waals surface area (Å²) in [6, 6.07) is 9.41. The summed E-state index contributed by atoms with van der Waals surface area (Å²) in [5, 5.41) is 5.25. The normalized spacial score (nSPS) is 11.9.